The van der Waals surface area contributed by atoms with Crippen molar-refractivity contribution in [2.45, 2.75) is 11.4 Å². The Kier molecular flexibility index (Phi) is 9.23. The van der Waals surface area contributed by atoms with Crippen LogP contribution in [0.25, 0.3) is 0 Å². The Morgan fingerprint density at radius 1 is 0.882 bits per heavy atom. The van der Waals surface area contributed by atoms with Crippen LogP contribution in [0.2, 0.25) is 25.1 Å². The summed E-state index contributed by atoms with van der Waals surface area (Å²) in [6.07, 6.45) is 1.32. The van der Waals surface area contributed by atoms with Crippen LogP contribution >= 0.6 is 58.0 Å². The van der Waals surface area contributed by atoms with Gasteiger partial charge in [-0.1, -0.05) is 70.1 Å². The Labute approximate surface area is 222 Å². The monoisotopic (exact) mass is 577 g/mol. The lowest BCUT2D eigenvalue weighted by Gasteiger charge is -2.22. The van der Waals surface area contributed by atoms with E-state index in [1.165, 1.54) is 36.5 Å². The molecule has 0 bridgehead atoms. The summed E-state index contributed by atoms with van der Waals surface area (Å²) < 4.78 is 27.6. The first-order chi connectivity index (χ1) is 16.1. The van der Waals surface area contributed by atoms with Crippen LogP contribution in [-0.4, -0.2) is 31.4 Å². The number of halogens is 5. The minimum absolute atomic E-state index is 0.0516. The van der Waals surface area contributed by atoms with Crippen molar-refractivity contribution in [3.8, 4) is 0 Å². The lowest BCUT2D eigenvalue weighted by atomic mass is 10.2. The topological polar surface area (TPSA) is 78.8 Å². The van der Waals surface area contributed by atoms with Gasteiger partial charge in [-0.05, 0) is 48.5 Å². The maximum Gasteiger partial charge on any atom is 0.255 e. The molecular formula is C22H16Cl5N3O3S. The van der Waals surface area contributed by atoms with Gasteiger partial charge in [0.2, 0.25) is 10.0 Å². The zero-order valence-electron chi connectivity index (χ0n) is 17.2. The zero-order valence-corrected chi connectivity index (χ0v) is 21.8. The Balaban J connectivity index is 1.85. The number of nitrogens with zero attached hydrogens (tertiary/aromatic N) is 2. The van der Waals surface area contributed by atoms with Crippen LogP contribution in [0.5, 0.6) is 0 Å². The molecule has 34 heavy (non-hydrogen) atoms. The second-order valence-corrected chi connectivity index (χ2v) is 10.9. The molecule has 0 fully saturated rings. The number of sulfonamides is 1. The van der Waals surface area contributed by atoms with Crippen LogP contribution < -0.4 is 5.43 Å². The molecule has 0 saturated carbocycles. The van der Waals surface area contributed by atoms with Gasteiger partial charge < -0.3 is 0 Å². The number of amides is 1. The lowest BCUT2D eigenvalue weighted by Crippen LogP contribution is -2.39. The van der Waals surface area contributed by atoms with Crippen LogP contribution in [-0.2, 0) is 21.4 Å². The fourth-order valence-corrected chi connectivity index (χ4v) is 5.28. The highest BCUT2D eigenvalue weighted by atomic mass is 35.5. The molecule has 0 radical (unpaired) electrons. The van der Waals surface area contributed by atoms with E-state index in [4.69, 9.17) is 58.0 Å². The van der Waals surface area contributed by atoms with E-state index in [1.54, 1.807) is 30.3 Å². The summed E-state index contributed by atoms with van der Waals surface area (Å²) in [5.41, 5.74) is 3.16. The highest BCUT2D eigenvalue weighted by Gasteiger charge is 2.28. The van der Waals surface area contributed by atoms with Crippen LogP contribution in [0.15, 0.2) is 70.7 Å². The molecule has 3 aromatic rings. The van der Waals surface area contributed by atoms with Gasteiger partial charge in [0.05, 0.1) is 22.7 Å². The van der Waals surface area contributed by atoms with Gasteiger partial charge in [0.15, 0.2) is 0 Å². The summed E-state index contributed by atoms with van der Waals surface area (Å²) >= 11 is 30.3. The molecule has 0 aliphatic carbocycles. The summed E-state index contributed by atoms with van der Waals surface area (Å²) in [5, 5.41) is 5.54. The van der Waals surface area contributed by atoms with Gasteiger partial charge in [-0.15, -0.1) is 0 Å². The molecule has 6 nitrogen and oxygen atoms in total. The molecule has 0 heterocycles. The van der Waals surface area contributed by atoms with Crippen LogP contribution in [0.3, 0.4) is 0 Å². The number of rotatable bonds is 8. The third kappa shape index (κ3) is 6.86. The van der Waals surface area contributed by atoms with Crippen molar-refractivity contribution < 1.29 is 13.2 Å². The Morgan fingerprint density at radius 2 is 1.50 bits per heavy atom. The predicted octanol–water partition coefficient (Wildman–Crippen LogP) is 6.29. The molecule has 0 unspecified atom stereocenters. The second kappa shape index (κ2) is 11.7. The smallest absolute Gasteiger partial charge is 0.255 e. The van der Waals surface area contributed by atoms with Gasteiger partial charge in [-0.3, -0.25) is 4.79 Å². The van der Waals surface area contributed by atoms with E-state index < -0.39 is 22.5 Å². The average molecular weight is 580 g/mol. The second-order valence-electron chi connectivity index (χ2n) is 6.89. The number of carbonyl (C=O) groups excluding carboxylic acids is 1. The molecule has 0 aromatic heterocycles. The summed E-state index contributed by atoms with van der Waals surface area (Å²) in [6, 6.07) is 15.1. The molecule has 178 valence electrons. The first-order valence-electron chi connectivity index (χ1n) is 9.53. The van der Waals surface area contributed by atoms with E-state index in [1.807, 2.05) is 0 Å². The molecular weight excluding hydrogens is 564 g/mol. The fraction of sp³-hybridized carbons (Fsp3) is 0.0909. The van der Waals surface area contributed by atoms with Crippen molar-refractivity contribution >= 4 is 80.1 Å². The summed E-state index contributed by atoms with van der Waals surface area (Å²) in [5.74, 6) is -0.693. The highest BCUT2D eigenvalue weighted by molar-refractivity contribution is 7.89. The van der Waals surface area contributed by atoms with Gasteiger partial charge in [-0.25, -0.2) is 13.8 Å². The van der Waals surface area contributed by atoms with Gasteiger partial charge in [0.25, 0.3) is 5.91 Å². The predicted molar refractivity (Wildman–Crippen MR) is 138 cm³/mol. The SMILES string of the molecule is O=C(CN(Cc1c(Cl)cccc1Cl)S(=O)(=O)c1ccc(Cl)cc1)N/N=C\c1ccc(Cl)cc1Cl. The fourth-order valence-electron chi connectivity index (χ4n) is 2.82. The summed E-state index contributed by atoms with van der Waals surface area (Å²) in [7, 11) is -4.12. The molecule has 0 aliphatic heterocycles. The van der Waals surface area contributed by atoms with Crippen molar-refractivity contribution in [2.75, 3.05) is 6.54 Å². The molecule has 1 amide bonds. The van der Waals surface area contributed by atoms with E-state index >= 15 is 0 Å². The van der Waals surface area contributed by atoms with E-state index in [2.05, 4.69) is 10.5 Å². The van der Waals surface area contributed by atoms with Gasteiger partial charge in [-0.2, -0.15) is 9.41 Å². The number of carbonyl (C=O) groups is 1. The van der Waals surface area contributed by atoms with Crippen molar-refractivity contribution in [3.63, 3.8) is 0 Å². The maximum atomic E-state index is 13.3. The number of hydrogen-bond acceptors (Lipinski definition) is 4. The lowest BCUT2D eigenvalue weighted by molar-refractivity contribution is -0.121. The Bertz CT molecular complexity index is 1310. The molecule has 3 rings (SSSR count). The minimum atomic E-state index is -4.12. The molecule has 1 N–H and O–H groups in total. The number of hydrazone groups is 1. The quantitative estimate of drug-likeness (QED) is 0.252. The first kappa shape index (κ1) is 26.8. The van der Waals surface area contributed by atoms with Crippen molar-refractivity contribution in [1.82, 2.24) is 9.73 Å². The Morgan fingerprint density at radius 3 is 2.12 bits per heavy atom. The van der Waals surface area contributed by atoms with Crippen molar-refractivity contribution in [3.05, 3.63) is 96.9 Å². The summed E-state index contributed by atoms with van der Waals surface area (Å²) in [6.45, 7) is -0.804. The average Bonchev–Trinajstić information content (AvgIpc) is 2.77. The van der Waals surface area contributed by atoms with E-state index in [0.29, 0.717) is 26.2 Å². The van der Waals surface area contributed by atoms with Crippen molar-refractivity contribution in [2.24, 2.45) is 5.10 Å². The number of benzene rings is 3. The largest absolute Gasteiger partial charge is 0.272 e. The maximum absolute atomic E-state index is 13.3. The molecule has 12 heteroatoms. The van der Waals surface area contributed by atoms with Crippen molar-refractivity contribution in [1.29, 1.82) is 0 Å². The Hall–Kier alpha value is -1.84. The zero-order chi connectivity index (χ0) is 24.9. The van der Waals surface area contributed by atoms with Crippen LogP contribution in [0.1, 0.15) is 11.1 Å². The van der Waals surface area contributed by atoms with E-state index in [-0.39, 0.29) is 21.5 Å². The number of hydrogen-bond donors (Lipinski definition) is 1. The standard InChI is InChI=1S/C22H16Cl5N3O3S/c23-15-6-8-17(9-7-15)34(32,33)30(12-18-19(25)2-1-3-20(18)26)13-22(31)29-28-11-14-4-5-16(24)10-21(14)27/h1-11H,12-13H2,(H,29,31)/b28-11-. The normalized spacial score (nSPS) is 11.8. The molecule has 0 atom stereocenters. The van der Waals surface area contributed by atoms with Gasteiger partial charge in [0, 0.05) is 37.8 Å². The molecule has 0 aliphatic rings. The van der Waals surface area contributed by atoms with Crippen LogP contribution in [0.4, 0.5) is 0 Å². The minimum Gasteiger partial charge on any atom is -0.272 e. The van der Waals surface area contributed by atoms with Gasteiger partial charge in [0.1, 0.15) is 0 Å². The molecule has 3 aromatic carbocycles. The first-order valence-corrected chi connectivity index (χ1v) is 12.9. The third-order valence-electron chi connectivity index (χ3n) is 4.52. The highest BCUT2D eigenvalue weighted by Crippen LogP contribution is 2.28. The molecule has 0 saturated heterocycles. The molecule has 0 spiro atoms. The third-order valence-corrected chi connectivity index (χ3v) is 7.85. The van der Waals surface area contributed by atoms with E-state index in [9.17, 15) is 13.2 Å². The number of nitrogens with one attached hydrogen (secondary N) is 1. The van der Waals surface area contributed by atoms with Gasteiger partial charge >= 0.3 is 0 Å². The van der Waals surface area contributed by atoms with E-state index in [0.717, 1.165) is 4.31 Å². The summed E-state index contributed by atoms with van der Waals surface area (Å²) in [4.78, 5) is 12.6. The van der Waals surface area contributed by atoms with Crippen LogP contribution in [0, 0.1) is 0 Å².